The van der Waals surface area contributed by atoms with Crippen molar-refractivity contribution in [3.05, 3.63) is 86.3 Å². The monoisotopic (exact) mass is 479 g/mol. The van der Waals surface area contributed by atoms with E-state index >= 15 is 0 Å². The Labute approximate surface area is 189 Å². The lowest BCUT2D eigenvalue weighted by atomic mass is 9.86. The lowest BCUT2D eigenvalue weighted by Gasteiger charge is -2.18. The first-order valence-corrected chi connectivity index (χ1v) is 11.1. The van der Waals surface area contributed by atoms with Gasteiger partial charge in [-0.25, -0.2) is 4.98 Å². The fourth-order valence-electron chi connectivity index (χ4n) is 2.81. The first-order chi connectivity index (χ1) is 14.2. The van der Waals surface area contributed by atoms with E-state index in [-0.39, 0.29) is 11.0 Å². The molecule has 1 amide bonds. The van der Waals surface area contributed by atoms with E-state index in [1.165, 1.54) is 16.9 Å². The van der Waals surface area contributed by atoms with E-state index in [9.17, 15) is 10.1 Å². The Kier molecular flexibility index (Phi) is 6.86. The molecule has 0 bridgehead atoms. The number of amides is 1. The zero-order valence-electron chi connectivity index (χ0n) is 17.1. The second kappa shape index (κ2) is 9.38. The summed E-state index contributed by atoms with van der Waals surface area (Å²) in [5, 5.41) is 12.7. The molecule has 3 rings (SSSR count). The molecule has 0 saturated carbocycles. The Hall–Kier alpha value is -2.75. The van der Waals surface area contributed by atoms with Gasteiger partial charge >= 0.3 is 0 Å². The molecule has 1 heterocycles. The maximum atomic E-state index is 12.5. The highest BCUT2D eigenvalue weighted by Gasteiger charge is 2.14. The largest absolute Gasteiger partial charge is 0.297 e. The van der Waals surface area contributed by atoms with Gasteiger partial charge in [-0.1, -0.05) is 73.1 Å². The smallest absolute Gasteiger partial charge is 0.268 e. The average Bonchev–Trinajstić information content (AvgIpc) is 3.14. The second-order valence-electron chi connectivity index (χ2n) is 7.93. The van der Waals surface area contributed by atoms with Gasteiger partial charge in [-0.05, 0) is 40.3 Å². The third kappa shape index (κ3) is 5.88. The van der Waals surface area contributed by atoms with E-state index in [1.807, 2.05) is 54.6 Å². The maximum Gasteiger partial charge on any atom is 0.268 e. The standard InChI is InChI=1S/C24H22BrN3OS/c1-24(2,3)19-8-4-16(5-9-19)12-18(14-26)22(29)28-23-27-15-21(30-23)13-17-6-10-20(25)11-7-17/h4-12,15H,13H2,1-3H3,(H,27,28,29). The van der Waals surface area contributed by atoms with Crippen molar-refractivity contribution >= 4 is 44.4 Å². The third-order valence-electron chi connectivity index (χ3n) is 4.52. The van der Waals surface area contributed by atoms with Crippen LogP contribution in [0.15, 0.2) is 64.8 Å². The van der Waals surface area contributed by atoms with Crippen LogP contribution in [0.2, 0.25) is 0 Å². The average molecular weight is 480 g/mol. The number of carbonyl (C=O) groups is 1. The van der Waals surface area contributed by atoms with Crippen LogP contribution in [0, 0.1) is 11.3 Å². The highest BCUT2D eigenvalue weighted by molar-refractivity contribution is 9.10. The van der Waals surface area contributed by atoms with Crippen molar-refractivity contribution < 1.29 is 4.79 Å². The van der Waals surface area contributed by atoms with Crippen LogP contribution in [0.3, 0.4) is 0 Å². The lowest BCUT2D eigenvalue weighted by Crippen LogP contribution is -2.13. The van der Waals surface area contributed by atoms with E-state index in [1.54, 1.807) is 12.3 Å². The van der Waals surface area contributed by atoms with Crippen LogP contribution in [0.5, 0.6) is 0 Å². The summed E-state index contributed by atoms with van der Waals surface area (Å²) in [6, 6.07) is 18.0. The van der Waals surface area contributed by atoms with Gasteiger partial charge < -0.3 is 0 Å². The minimum atomic E-state index is -0.457. The van der Waals surface area contributed by atoms with Crippen molar-refractivity contribution in [2.24, 2.45) is 0 Å². The van der Waals surface area contributed by atoms with Gasteiger partial charge in [0, 0.05) is 22.0 Å². The topological polar surface area (TPSA) is 65.8 Å². The molecule has 0 aliphatic heterocycles. The van der Waals surface area contributed by atoms with Crippen LogP contribution in [-0.4, -0.2) is 10.9 Å². The zero-order chi connectivity index (χ0) is 21.7. The van der Waals surface area contributed by atoms with Gasteiger partial charge in [-0.15, -0.1) is 11.3 Å². The molecule has 2 aromatic carbocycles. The highest BCUT2D eigenvalue weighted by Crippen LogP contribution is 2.24. The number of hydrogen-bond acceptors (Lipinski definition) is 4. The lowest BCUT2D eigenvalue weighted by molar-refractivity contribution is -0.112. The van der Waals surface area contributed by atoms with Gasteiger partial charge in [0.05, 0.1) is 0 Å². The molecule has 0 saturated heterocycles. The van der Waals surface area contributed by atoms with Crippen LogP contribution in [0.25, 0.3) is 6.08 Å². The first-order valence-electron chi connectivity index (χ1n) is 9.47. The van der Waals surface area contributed by atoms with Gasteiger partial charge in [-0.2, -0.15) is 5.26 Å². The number of nitriles is 1. The highest BCUT2D eigenvalue weighted by atomic mass is 79.9. The van der Waals surface area contributed by atoms with E-state index < -0.39 is 5.91 Å². The van der Waals surface area contributed by atoms with Crippen LogP contribution >= 0.6 is 27.3 Å². The molecule has 0 unspecified atom stereocenters. The summed E-state index contributed by atoms with van der Waals surface area (Å²) in [5.74, 6) is -0.457. The Morgan fingerprint density at radius 2 is 1.83 bits per heavy atom. The van der Waals surface area contributed by atoms with Crippen molar-refractivity contribution in [2.45, 2.75) is 32.6 Å². The minimum Gasteiger partial charge on any atom is -0.297 e. The molecule has 0 atom stereocenters. The summed E-state index contributed by atoms with van der Waals surface area (Å²) in [6.45, 7) is 6.43. The fourth-order valence-corrected chi connectivity index (χ4v) is 3.92. The van der Waals surface area contributed by atoms with E-state index in [0.29, 0.717) is 5.13 Å². The molecule has 0 aliphatic rings. The summed E-state index contributed by atoms with van der Waals surface area (Å²) < 4.78 is 1.03. The van der Waals surface area contributed by atoms with Crippen LogP contribution in [0.4, 0.5) is 5.13 Å². The number of aromatic nitrogens is 1. The Morgan fingerprint density at radius 1 is 1.17 bits per heavy atom. The first kappa shape index (κ1) is 21.9. The van der Waals surface area contributed by atoms with Crippen LogP contribution in [-0.2, 0) is 16.6 Å². The molecular formula is C24H22BrN3OS. The normalized spacial score (nSPS) is 11.8. The number of anilines is 1. The molecule has 0 fully saturated rings. The van der Waals surface area contributed by atoms with Gasteiger partial charge in [-0.3, -0.25) is 10.1 Å². The molecule has 3 aromatic rings. The Balaban J connectivity index is 1.68. The quantitative estimate of drug-likeness (QED) is 0.342. The predicted molar refractivity (Wildman–Crippen MR) is 126 cm³/mol. The number of carbonyl (C=O) groups excluding carboxylic acids is 1. The van der Waals surface area contributed by atoms with Crippen molar-refractivity contribution in [1.29, 1.82) is 5.26 Å². The predicted octanol–water partition coefficient (Wildman–Crippen LogP) is 6.34. The third-order valence-corrected chi connectivity index (χ3v) is 5.96. The molecule has 0 aliphatic carbocycles. The summed E-state index contributed by atoms with van der Waals surface area (Å²) >= 11 is 4.84. The minimum absolute atomic E-state index is 0.0446. The second-order valence-corrected chi connectivity index (χ2v) is 9.96. The van der Waals surface area contributed by atoms with Gasteiger partial charge in [0.15, 0.2) is 5.13 Å². The molecule has 30 heavy (non-hydrogen) atoms. The Bertz CT molecular complexity index is 1100. The fraction of sp³-hybridized carbons (Fsp3) is 0.208. The molecule has 0 radical (unpaired) electrons. The maximum absolute atomic E-state index is 12.5. The van der Waals surface area contributed by atoms with E-state index in [2.05, 4.69) is 47.0 Å². The molecular weight excluding hydrogens is 458 g/mol. The molecule has 4 nitrogen and oxygen atoms in total. The van der Waals surface area contributed by atoms with E-state index in [4.69, 9.17) is 0 Å². The molecule has 0 spiro atoms. The van der Waals surface area contributed by atoms with Gasteiger partial charge in [0.1, 0.15) is 11.6 Å². The number of nitrogens with zero attached hydrogens (tertiary/aromatic N) is 2. The number of rotatable bonds is 5. The van der Waals surface area contributed by atoms with Crippen molar-refractivity contribution in [1.82, 2.24) is 4.98 Å². The number of hydrogen-bond donors (Lipinski definition) is 1. The molecule has 6 heteroatoms. The molecule has 1 N–H and O–H groups in total. The van der Waals surface area contributed by atoms with Crippen molar-refractivity contribution in [3.8, 4) is 6.07 Å². The molecule has 1 aromatic heterocycles. The number of nitrogens with one attached hydrogen (secondary N) is 1. The zero-order valence-corrected chi connectivity index (χ0v) is 19.5. The van der Waals surface area contributed by atoms with Crippen LogP contribution < -0.4 is 5.32 Å². The summed E-state index contributed by atoms with van der Waals surface area (Å²) in [4.78, 5) is 17.8. The summed E-state index contributed by atoms with van der Waals surface area (Å²) in [5.41, 5.74) is 3.27. The van der Waals surface area contributed by atoms with Gasteiger partial charge in [0.25, 0.3) is 5.91 Å². The van der Waals surface area contributed by atoms with Crippen molar-refractivity contribution in [3.63, 3.8) is 0 Å². The number of halogens is 1. The Morgan fingerprint density at radius 3 is 2.43 bits per heavy atom. The summed E-state index contributed by atoms with van der Waals surface area (Å²) in [7, 11) is 0. The van der Waals surface area contributed by atoms with Gasteiger partial charge in [0.2, 0.25) is 0 Å². The van der Waals surface area contributed by atoms with E-state index in [0.717, 1.165) is 26.9 Å². The van der Waals surface area contributed by atoms with Crippen LogP contribution in [0.1, 0.15) is 42.3 Å². The summed E-state index contributed by atoms with van der Waals surface area (Å²) in [6.07, 6.45) is 4.09. The number of benzene rings is 2. The molecule has 152 valence electrons. The SMILES string of the molecule is CC(C)(C)c1ccc(C=C(C#N)C(=O)Nc2ncc(Cc3ccc(Br)cc3)s2)cc1. The number of thiazole rings is 1. The van der Waals surface area contributed by atoms with Crippen molar-refractivity contribution in [2.75, 3.05) is 5.32 Å².